The molecule has 0 bridgehead atoms. The molecule has 0 aliphatic carbocycles. The van der Waals surface area contributed by atoms with Crippen LogP contribution < -0.4 is 5.32 Å². The fraction of sp³-hybridized carbons (Fsp3) is 0.385. The van der Waals surface area contributed by atoms with Gasteiger partial charge in [-0.25, -0.2) is 4.98 Å². The third kappa shape index (κ3) is 6.10. The Labute approximate surface area is 209 Å². The summed E-state index contributed by atoms with van der Waals surface area (Å²) < 4.78 is 10.9. The first-order chi connectivity index (χ1) is 16.8. The minimum absolute atomic E-state index is 0.00194. The van der Waals surface area contributed by atoms with E-state index >= 15 is 0 Å². The number of rotatable bonds is 7. The van der Waals surface area contributed by atoms with Crippen LogP contribution in [0, 0.1) is 13.8 Å². The van der Waals surface area contributed by atoms with Gasteiger partial charge >= 0.3 is 0 Å². The van der Waals surface area contributed by atoms with Crippen LogP contribution in [0.5, 0.6) is 0 Å². The first kappa shape index (κ1) is 24.9. The van der Waals surface area contributed by atoms with Crippen LogP contribution in [0.4, 0.5) is 0 Å². The number of hydrogen-bond donors (Lipinski definition) is 1. The summed E-state index contributed by atoms with van der Waals surface area (Å²) in [5, 5.41) is 7.59. The van der Waals surface area contributed by atoms with Gasteiger partial charge in [-0.3, -0.25) is 9.59 Å². The molecule has 35 heavy (non-hydrogen) atoms. The number of nitrogens with one attached hydrogen (secondary N) is 1. The van der Waals surface area contributed by atoms with E-state index in [9.17, 15) is 9.59 Å². The van der Waals surface area contributed by atoms with Crippen molar-refractivity contribution >= 4 is 23.6 Å². The van der Waals surface area contributed by atoms with Gasteiger partial charge in [-0.1, -0.05) is 17.3 Å². The largest absolute Gasteiger partial charge is 0.372 e. The minimum atomic E-state index is -0.198. The molecule has 1 saturated heterocycles. The molecule has 2 atom stereocenters. The zero-order valence-electron chi connectivity index (χ0n) is 20.4. The minimum Gasteiger partial charge on any atom is -0.372 e. The van der Waals surface area contributed by atoms with E-state index in [-0.39, 0.29) is 24.0 Å². The number of amides is 2. The maximum absolute atomic E-state index is 12.9. The molecule has 3 aromatic rings. The second-order valence-corrected chi connectivity index (χ2v) is 9.76. The molecule has 2 amide bonds. The molecule has 2 aromatic heterocycles. The van der Waals surface area contributed by atoms with E-state index in [4.69, 9.17) is 9.26 Å². The molecule has 3 heterocycles. The first-order valence-electron chi connectivity index (χ1n) is 11.6. The standard InChI is InChI=1S/C26H30N4O4S/c1-16-13-30(14-17(2)33-16)26(32)21-9-7-20(8-10-21)12-28-24(31)22-6-5-11-27-25(22)35-15-23-18(3)29-34-19(23)4/h5-11,16-17H,12-15H2,1-4H3,(H,28,31). The van der Waals surface area contributed by atoms with E-state index in [1.807, 2.05) is 56.9 Å². The number of carbonyl (C=O) groups is 2. The summed E-state index contributed by atoms with van der Waals surface area (Å²) in [7, 11) is 0. The lowest BCUT2D eigenvalue weighted by atomic mass is 10.1. The zero-order chi connectivity index (χ0) is 24.9. The summed E-state index contributed by atoms with van der Waals surface area (Å²) in [6.45, 7) is 9.25. The van der Waals surface area contributed by atoms with Crippen molar-refractivity contribution in [3.8, 4) is 0 Å². The van der Waals surface area contributed by atoms with Crippen molar-refractivity contribution in [2.45, 2.75) is 57.2 Å². The second-order valence-electron chi connectivity index (χ2n) is 8.79. The van der Waals surface area contributed by atoms with Crippen LogP contribution in [0.2, 0.25) is 0 Å². The van der Waals surface area contributed by atoms with Gasteiger partial charge in [0.05, 0.1) is 23.5 Å². The maximum Gasteiger partial charge on any atom is 0.254 e. The molecule has 4 rings (SSSR count). The van der Waals surface area contributed by atoms with Gasteiger partial charge in [-0.2, -0.15) is 0 Å². The van der Waals surface area contributed by atoms with Crippen molar-refractivity contribution in [1.29, 1.82) is 0 Å². The number of pyridine rings is 1. The molecule has 0 radical (unpaired) electrons. The molecule has 1 aromatic carbocycles. The number of ether oxygens (including phenoxy) is 1. The number of thioether (sulfide) groups is 1. The summed E-state index contributed by atoms with van der Waals surface area (Å²) in [4.78, 5) is 32.0. The Morgan fingerprint density at radius 2 is 1.83 bits per heavy atom. The quantitative estimate of drug-likeness (QED) is 0.493. The van der Waals surface area contributed by atoms with Gasteiger partial charge in [0.1, 0.15) is 10.8 Å². The van der Waals surface area contributed by atoms with Crippen molar-refractivity contribution in [3.63, 3.8) is 0 Å². The molecule has 0 spiro atoms. The van der Waals surface area contributed by atoms with Crippen LogP contribution in [0.3, 0.4) is 0 Å². The van der Waals surface area contributed by atoms with Gasteiger partial charge in [-0.05, 0) is 57.5 Å². The Hall–Kier alpha value is -3.17. The SMILES string of the molecule is Cc1noc(C)c1CSc1ncccc1C(=O)NCc1ccc(C(=O)N2CC(C)OC(C)C2)cc1. The van der Waals surface area contributed by atoms with Gasteiger partial charge < -0.3 is 19.5 Å². The Bertz CT molecular complexity index is 1160. The van der Waals surface area contributed by atoms with Crippen molar-refractivity contribution < 1.29 is 18.8 Å². The lowest BCUT2D eigenvalue weighted by Gasteiger charge is -2.35. The normalized spacial score (nSPS) is 17.9. The smallest absolute Gasteiger partial charge is 0.254 e. The van der Waals surface area contributed by atoms with E-state index in [1.165, 1.54) is 11.8 Å². The first-order valence-corrected chi connectivity index (χ1v) is 12.6. The van der Waals surface area contributed by atoms with Gasteiger partial charge in [0.2, 0.25) is 0 Å². The van der Waals surface area contributed by atoms with Crippen LogP contribution >= 0.6 is 11.8 Å². The molecule has 1 aliphatic heterocycles. The van der Waals surface area contributed by atoms with Crippen LogP contribution in [0.1, 0.15) is 57.1 Å². The number of nitrogens with zero attached hydrogens (tertiary/aromatic N) is 3. The fourth-order valence-corrected chi connectivity index (χ4v) is 5.24. The third-order valence-corrected chi connectivity index (χ3v) is 6.94. The van der Waals surface area contributed by atoms with E-state index in [2.05, 4.69) is 15.5 Å². The molecule has 1 aliphatic rings. The monoisotopic (exact) mass is 494 g/mol. The maximum atomic E-state index is 12.9. The number of morpholine rings is 1. The molecule has 8 nitrogen and oxygen atoms in total. The number of aromatic nitrogens is 2. The molecule has 0 saturated carbocycles. The van der Waals surface area contributed by atoms with E-state index < -0.39 is 0 Å². The van der Waals surface area contributed by atoms with Crippen molar-refractivity contribution in [2.75, 3.05) is 13.1 Å². The van der Waals surface area contributed by atoms with Crippen LogP contribution in [0.25, 0.3) is 0 Å². The Balaban J connectivity index is 1.35. The Morgan fingerprint density at radius 1 is 1.11 bits per heavy atom. The van der Waals surface area contributed by atoms with Gasteiger partial charge in [0.15, 0.2) is 0 Å². The summed E-state index contributed by atoms with van der Waals surface area (Å²) >= 11 is 1.48. The molecule has 2 unspecified atom stereocenters. The van der Waals surface area contributed by atoms with Crippen molar-refractivity contribution in [3.05, 3.63) is 76.3 Å². The lowest BCUT2D eigenvalue weighted by Crippen LogP contribution is -2.48. The average molecular weight is 495 g/mol. The topological polar surface area (TPSA) is 97.6 Å². The van der Waals surface area contributed by atoms with E-state index in [1.54, 1.807) is 18.3 Å². The van der Waals surface area contributed by atoms with Crippen LogP contribution in [-0.2, 0) is 17.0 Å². The summed E-state index contributed by atoms with van der Waals surface area (Å²) in [5.41, 5.74) is 3.92. The summed E-state index contributed by atoms with van der Waals surface area (Å²) in [6, 6.07) is 10.9. The van der Waals surface area contributed by atoms with Gasteiger partial charge in [0, 0.05) is 42.7 Å². The summed E-state index contributed by atoms with van der Waals surface area (Å²) in [5.74, 6) is 1.19. The Morgan fingerprint density at radius 3 is 2.49 bits per heavy atom. The number of carbonyl (C=O) groups excluding carboxylic acids is 2. The molecule has 1 N–H and O–H groups in total. The van der Waals surface area contributed by atoms with Crippen molar-refractivity contribution in [1.82, 2.24) is 20.4 Å². The highest BCUT2D eigenvalue weighted by Crippen LogP contribution is 2.27. The Kier molecular flexibility index (Phi) is 7.87. The van der Waals surface area contributed by atoms with E-state index in [0.29, 0.717) is 41.5 Å². The van der Waals surface area contributed by atoms with Crippen LogP contribution in [0.15, 0.2) is 52.1 Å². The molecule has 184 valence electrons. The zero-order valence-corrected chi connectivity index (χ0v) is 21.2. The second kappa shape index (κ2) is 11.0. The molecule has 9 heteroatoms. The van der Waals surface area contributed by atoms with Gasteiger partial charge in [0.25, 0.3) is 11.8 Å². The predicted molar refractivity (Wildman–Crippen MR) is 133 cm³/mol. The number of aryl methyl sites for hydroxylation is 2. The van der Waals surface area contributed by atoms with E-state index in [0.717, 1.165) is 22.6 Å². The number of hydrogen-bond acceptors (Lipinski definition) is 7. The highest BCUT2D eigenvalue weighted by Gasteiger charge is 2.26. The lowest BCUT2D eigenvalue weighted by molar-refractivity contribution is -0.0586. The third-order valence-electron chi connectivity index (χ3n) is 5.91. The van der Waals surface area contributed by atoms with Crippen LogP contribution in [-0.4, -0.2) is 52.2 Å². The highest BCUT2D eigenvalue weighted by molar-refractivity contribution is 7.98. The average Bonchev–Trinajstić information content (AvgIpc) is 3.17. The number of benzene rings is 1. The molecular formula is C26H30N4O4S. The fourth-order valence-electron chi connectivity index (χ4n) is 4.10. The predicted octanol–water partition coefficient (Wildman–Crippen LogP) is 4.16. The summed E-state index contributed by atoms with van der Waals surface area (Å²) in [6.07, 6.45) is 1.73. The molecular weight excluding hydrogens is 464 g/mol. The molecule has 1 fully saturated rings. The van der Waals surface area contributed by atoms with Gasteiger partial charge in [-0.15, -0.1) is 11.8 Å². The van der Waals surface area contributed by atoms with Crippen molar-refractivity contribution in [2.24, 2.45) is 0 Å². The highest BCUT2D eigenvalue weighted by atomic mass is 32.2.